The van der Waals surface area contributed by atoms with Crippen molar-refractivity contribution >= 4 is 23.2 Å². The Kier molecular flexibility index (Phi) is 4.98. The number of carbonyl (C=O) groups is 2. The van der Waals surface area contributed by atoms with Crippen LogP contribution in [-0.4, -0.2) is 37.5 Å². The van der Waals surface area contributed by atoms with Gasteiger partial charge in [-0.2, -0.15) is 0 Å². The van der Waals surface area contributed by atoms with Crippen LogP contribution in [0.4, 0.5) is 0 Å². The van der Waals surface area contributed by atoms with Crippen LogP contribution in [0.25, 0.3) is 0 Å². The zero-order valence-electron chi connectivity index (χ0n) is 9.43. The van der Waals surface area contributed by atoms with E-state index in [4.69, 9.17) is 0 Å². The van der Waals surface area contributed by atoms with Gasteiger partial charge in [0, 0.05) is 18.5 Å². The van der Waals surface area contributed by atoms with Crippen molar-refractivity contribution in [1.82, 2.24) is 4.90 Å². The molecule has 0 N–H and O–H groups in total. The lowest BCUT2D eigenvalue weighted by Crippen LogP contribution is -2.30. The summed E-state index contributed by atoms with van der Waals surface area (Å²) in [5, 5.41) is 1.94. The number of hydrogen-bond donors (Lipinski definition) is 0. The van der Waals surface area contributed by atoms with Gasteiger partial charge in [0.1, 0.15) is 0 Å². The molecular weight excluding hydrogens is 226 g/mol. The maximum absolute atomic E-state index is 11.7. The topological polar surface area (TPSA) is 46.6 Å². The summed E-state index contributed by atoms with van der Waals surface area (Å²) in [6.45, 7) is 0.400. The van der Waals surface area contributed by atoms with Crippen LogP contribution in [0.5, 0.6) is 0 Å². The molecule has 1 aromatic heterocycles. The highest BCUT2D eigenvalue weighted by Crippen LogP contribution is 2.10. The smallest absolute Gasteiger partial charge is 0.307 e. The maximum atomic E-state index is 11.7. The van der Waals surface area contributed by atoms with E-state index in [1.807, 2.05) is 17.5 Å². The average molecular weight is 241 g/mol. The highest BCUT2D eigenvalue weighted by atomic mass is 32.1. The van der Waals surface area contributed by atoms with E-state index in [9.17, 15) is 9.59 Å². The molecule has 0 aliphatic rings. The van der Waals surface area contributed by atoms with Gasteiger partial charge in [-0.25, -0.2) is 0 Å². The molecule has 0 aliphatic heterocycles. The molecule has 1 amide bonds. The van der Waals surface area contributed by atoms with Crippen LogP contribution in [0.15, 0.2) is 17.5 Å². The standard InChI is InChI=1S/C11H15NO3S/c1-12(6-5-11(14)15-2)10(13)8-9-4-3-7-16-9/h3-4,7H,5-6,8H2,1-2H3. The number of carbonyl (C=O) groups excluding carboxylic acids is 2. The minimum absolute atomic E-state index is 0.0198. The SMILES string of the molecule is COC(=O)CCN(C)C(=O)Cc1cccs1. The highest BCUT2D eigenvalue weighted by Gasteiger charge is 2.11. The number of methoxy groups -OCH3 is 1. The van der Waals surface area contributed by atoms with Crippen molar-refractivity contribution in [1.29, 1.82) is 0 Å². The lowest BCUT2D eigenvalue weighted by atomic mass is 10.3. The van der Waals surface area contributed by atoms with Gasteiger partial charge in [0.2, 0.25) is 5.91 Å². The Morgan fingerprint density at radius 3 is 2.81 bits per heavy atom. The fraction of sp³-hybridized carbons (Fsp3) is 0.455. The van der Waals surface area contributed by atoms with E-state index in [0.717, 1.165) is 4.88 Å². The Bertz CT molecular complexity index is 348. The summed E-state index contributed by atoms with van der Waals surface area (Å²) in [4.78, 5) is 25.2. The summed E-state index contributed by atoms with van der Waals surface area (Å²) in [6, 6.07) is 3.85. The molecule has 0 radical (unpaired) electrons. The van der Waals surface area contributed by atoms with Gasteiger partial charge < -0.3 is 9.64 Å². The minimum atomic E-state index is -0.296. The molecule has 0 aliphatic carbocycles. The van der Waals surface area contributed by atoms with E-state index in [2.05, 4.69) is 4.74 Å². The fourth-order valence-electron chi connectivity index (χ4n) is 1.18. The van der Waals surface area contributed by atoms with Gasteiger partial charge in [-0.05, 0) is 11.4 Å². The molecule has 0 saturated heterocycles. The number of rotatable bonds is 5. The van der Waals surface area contributed by atoms with Crippen LogP contribution in [0, 0.1) is 0 Å². The van der Waals surface area contributed by atoms with E-state index in [1.54, 1.807) is 23.3 Å². The molecule has 1 heterocycles. The lowest BCUT2D eigenvalue weighted by Gasteiger charge is -2.15. The summed E-state index contributed by atoms with van der Waals surface area (Å²) in [5.74, 6) is -0.276. The van der Waals surface area contributed by atoms with Crippen molar-refractivity contribution in [3.05, 3.63) is 22.4 Å². The van der Waals surface area contributed by atoms with Gasteiger partial charge in [-0.1, -0.05) is 6.07 Å². The first kappa shape index (κ1) is 12.7. The predicted octanol–water partition coefficient (Wildman–Crippen LogP) is 1.31. The van der Waals surface area contributed by atoms with Gasteiger partial charge in [0.25, 0.3) is 0 Å². The molecule has 1 rings (SSSR count). The quantitative estimate of drug-likeness (QED) is 0.730. The molecule has 4 nitrogen and oxygen atoms in total. The molecule has 0 fully saturated rings. The number of hydrogen-bond acceptors (Lipinski definition) is 4. The molecule has 0 bridgehead atoms. The molecular formula is C11H15NO3S. The Morgan fingerprint density at radius 1 is 1.50 bits per heavy atom. The third kappa shape index (κ3) is 4.02. The van der Waals surface area contributed by atoms with Crippen molar-refractivity contribution < 1.29 is 14.3 Å². The molecule has 0 saturated carbocycles. The van der Waals surface area contributed by atoms with Crippen molar-refractivity contribution in [2.45, 2.75) is 12.8 Å². The largest absolute Gasteiger partial charge is 0.469 e. The van der Waals surface area contributed by atoms with Crippen LogP contribution >= 0.6 is 11.3 Å². The lowest BCUT2D eigenvalue weighted by molar-refractivity contribution is -0.141. The van der Waals surface area contributed by atoms with Gasteiger partial charge in [-0.15, -0.1) is 11.3 Å². The minimum Gasteiger partial charge on any atom is -0.469 e. The monoisotopic (exact) mass is 241 g/mol. The fourth-order valence-corrected chi connectivity index (χ4v) is 1.88. The van der Waals surface area contributed by atoms with E-state index in [0.29, 0.717) is 13.0 Å². The van der Waals surface area contributed by atoms with Gasteiger partial charge in [-0.3, -0.25) is 9.59 Å². The van der Waals surface area contributed by atoms with Crippen molar-refractivity contribution in [3.63, 3.8) is 0 Å². The van der Waals surface area contributed by atoms with E-state index < -0.39 is 0 Å². The summed E-state index contributed by atoms with van der Waals surface area (Å²) in [7, 11) is 3.04. The molecule has 16 heavy (non-hydrogen) atoms. The second-order valence-corrected chi connectivity index (χ2v) is 4.43. The summed E-state index contributed by atoms with van der Waals surface area (Å²) < 4.78 is 4.51. The maximum Gasteiger partial charge on any atom is 0.307 e. The Balaban J connectivity index is 2.33. The first-order valence-electron chi connectivity index (χ1n) is 4.96. The molecule has 1 aromatic rings. The first-order chi connectivity index (χ1) is 7.63. The van der Waals surface area contributed by atoms with Gasteiger partial charge in [0.05, 0.1) is 20.0 Å². The number of likely N-dealkylation sites (N-methyl/N-ethyl adjacent to an activating group) is 1. The predicted molar refractivity (Wildman–Crippen MR) is 62.3 cm³/mol. The average Bonchev–Trinajstić information content (AvgIpc) is 2.77. The van der Waals surface area contributed by atoms with Crippen LogP contribution in [0.3, 0.4) is 0 Å². The van der Waals surface area contributed by atoms with E-state index >= 15 is 0 Å². The van der Waals surface area contributed by atoms with Crippen molar-refractivity contribution in [3.8, 4) is 0 Å². The van der Waals surface area contributed by atoms with Crippen LogP contribution in [0.1, 0.15) is 11.3 Å². The second kappa shape index (κ2) is 6.27. The summed E-state index contributed by atoms with van der Waals surface area (Å²) in [6.07, 6.45) is 0.637. The number of ether oxygens (including phenoxy) is 1. The summed E-state index contributed by atoms with van der Waals surface area (Å²) >= 11 is 1.56. The number of nitrogens with zero attached hydrogens (tertiary/aromatic N) is 1. The first-order valence-corrected chi connectivity index (χ1v) is 5.84. The van der Waals surface area contributed by atoms with Crippen molar-refractivity contribution in [2.75, 3.05) is 20.7 Å². The molecule has 0 aromatic carbocycles. The summed E-state index contributed by atoms with van der Waals surface area (Å²) in [5.41, 5.74) is 0. The van der Waals surface area contributed by atoms with Crippen LogP contribution < -0.4 is 0 Å². The van der Waals surface area contributed by atoms with Gasteiger partial charge in [0.15, 0.2) is 0 Å². The van der Waals surface area contributed by atoms with E-state index in [-0.39, 0.29) is 18.3 Å². The Hall–Kier alpha value is -1.36. The Labute approximate surface area is 98.8 Å². The molecule has 0 atom stereocenters. The number of thiophene rings is 1. The molecule has 0 spiro atoms. The van der Waals surface area contributed by atoms with Gasteiger partial charge >= 0.3 is 5.97 Å². The molecule has 88 valence electrons. The molecule has 0 unspecified atom stereocenters. The molecule has 5 heteroatoms. The second-order valence-electron chi connectivity index (χ2n) is 3.40. The third-order valence-corrected chi connectivity index (χ3v) is 3.09. The number of amides is 1. The van der Waals surface area contributed by atoms with E-state index in [1.165, 1.54) is 7.11 Å². The van der Waals surface area contributed by atoms with Crippen molar-refractivity contribution in [2.24, 2.45) is 0 Å². The van der Waals surface area contributed by atoms with Crippen LogP contribution in [0.2, 0.25) is 0 Å². The number of esters is 1. The normalized spacial score (nSPS) is 9.88. The zero-order valence-corrected chi connectivity index (χ0v) is 10.3. The Morgan fingerprint density at radius 2 is 2.25 bits per heavy atom. The zero-order chi connectivity index (χ0) is 12.0. The highest BCUT2D eigenvalue weighted by molar-refractivity contribution is 7.10. The van der Waals surface area contributed by atoms with Crippen LogP contribution in [-0.2, 0) is 20.7 Å². The third-order valence-electron chi connectivity index (χ3n) is 2.21.